The van der Waals surface area contributed by atoms with Gasteiger partial charge < -0.3 is 4.84 Å². The molecule has 0 amide bonds. The lowest BCUT2D eigenvalue weighted by Gasteiger charge is -2.15. The second kappa shape index (κ2) is 8.17. The molecule has 4 nitrogen and oxygen atoms in total. The van der Waals surface area contributed by atoms with Crippen molar-refractivity contribution in [3.05, 3.63) is 69.3 Å². The summed E-state index contributed by atoms with van der Waals surface area (Å²) >= 11 is 2.15. The van der Waals surface area contributed by atoms with Gasteiger partial charge in [-0.05, 0) is 34.7 Å². The minimum absolute atomic E-state index is 0.0438. The Morgan fingerprint density at radius 1 is 1.09 bits per heavy atom. The molecular formula is C17H16INO3. The zero-order chi connectivity index (χ0) is 15.9. The third kappa shape index (κ3) is 4.46. The van der Waals surface area contributed by atoms with Gasteiger partial charge in [-0.25, -0.2) is 0 Å². The molecule has 0 radical (unpaired) electrons. The van der Waals surface area contributed by atoms with Crippen LogP contribution in [0.2, 0.25) is 0 Å². The minimum Gasteiger partial charge on any atom is -0.304 e. The van der Waals surface area contributed by atoms with E-state index in [-0.39, 0.29) is 18.0 Å². The highest BCUT2D eigenvalue weighted by Gasteiger charge is 2.23. The molecule has 1 N–H and O–H groups in total. The van der Waals surface area contributed by atoms with E-state index in [0.717, 1.165) is 3.57 Å². The molecule has 0 spiro atoms. The van der Waals surface area contributed by atoms with Gasteiger partial charge in [0.2, 0.25) is 0 Å². The van der Waals surface area contributed by atoms with Crippen molar-refractivity contribution in [2.45, 2.75) is 12.5 Å². The second-order valence-electron chi connectivity index (χ2n) is 4.74. The van der Waals surface area contributed by atoms with Crippen LogP contribution in [0.3, 0.4) is 0 Å². The number of carbonyl (C=O) groups is 2. The number of carbonyl (C=O) groups excluding carboxylic acids is 2. The Kier molecular flexibility index (Phi) is 6.23. The van der Waals surface area contributed by atoms with Crippen molar-refractivity contribution in [3.63, 3.8) is 0 Å². The van der Waals surface area contributed by atoms with Gasteiger partial charge in [0.05, 0.1) is 7.11 Å². The number of halogens is 1. The first-order valence-electron chi connectivity index (χ1n) is 6.78. The molecule has 0 saturated carbocycles. The van der Waals surface area contributed by atoms with Crippen molar-refractivity contribution >= 4 is 34.2 Å². The fraction of sp³-hybridized carbons (Fsp3) is 0.176. The highest BCUT2D eigenvalue weighted by molar-refractivity contribution is 14.1. The molecule has 114 valence electrons. The van der Waals surface area contributed by atoms with Crippen LogP contribution in [-0.4, -0.2) is 24.7 Å². The van der Waals surface area contributed by atoms with Crippen LogP contribution < -0.4 is 5.48 Å². The molecule has 22 heavy (non-hydrogen) atoms. The van der Waals surface area contributed by atoms with E-state index >= 15 is 0 Å². The Morgan fingerprint density at radius 3 is 2.41 bits per heavy atom. The van der Waals surface area contributed by atoms with Crippen molar-refractivity contribution < 1.29 is 14.4 Å². The number of ketones is 2. The van der Waals surface area contributed by atoms with E-state index in [1.807, 2.05) is 18.2 Å². The van der Waals surface area contributed by atoms with Crippen LogP contribution in [-0.2, 0) is 4.84 Å². The first-order chi connectivity index (χ1) is 10.6. The third-order valence-corrected chi connectivity index (χ3v) is 3.84. The van der Waals surface area contributed by atoms with E-state index in [1.165, 1.54) is 7.11 Å². The number of benzene rings is 2. The Balaban J connectivity index is 2.16. The average Bonchev–Trinajstić information content (AvgIpc) is 2.54. The second-order valence-corrected chi connectivity index (χ2v) is 5.99. The maximum absolute atomic E-state index is 12.6. The standard InChI is InChI=1S/C17H16INO3/c1-22-19-15(11-16(20)12-6-3-2-4-7-12)17(21)13-8-5-9-14(18)10-13/h2-10,15,19H,11H2,1H3. The van der Waals surface area contributed by atoms with Gasteiger partial charge in [-0.3, -0.25) is 9.59 Å². The maximum Gasteiger partial charge on any atom is 0.182 e. The lowest BCUT2D eigenvalue weighted by atomic mass is 9.97. The van der Waals surface area contributed by atoms with Gasteiger partial charge in [0.25, 0.3) is 0 Å². The van der Waals surface area contributed by atoms with Gasteiger partial charge in [-0.2, -0.15) is 5.48 Å². The normalized spacial score (nSPS) is 11.9. The van der Waals surface area contributed by atoms with E-state index in [2.05, 4.69) is 28.1 Å². The highest BCUT2D eigenvalue weighted by Crippen LogP contribution is 2.13. The minimum atomic E-state index is -0.712. The van der Waals surface area contributed by atoms with Crippen LogP contribution in [0.5, 0.6) is 0 Å². The molecule has 2 aromatic rings. The van der Waals surface area contributed by atoms with Crippen LogP contribution in [0.15, 0.2) is 54.6 Å². The van der Waals surface area contributed by atoms with Crippen molar-refractivity contribution in [1.82, 2.24) is 5.48 Å². The lowest BCUT2D eigenvalue weighted by molar-refractivity contribution is 0.0473. The predicted molar refractivity (Wildman–Crippen MR) is 92.8 cm³/mol. The Hall–Kier alpha value is -1.57. The quantitative estimate of drug-likeness (QED) is 0.434. The molecule has 0 saturated heterocycles. The molecule has 2 rings (SSSR count). The predicted octanol–water partition coefficient (Wildman–Crippen LogP) is 3.27. The monoisotopic (exact) mass is 409 g/mol. The van der Waals surface area contributed by atoms with E-state index in [4.69, 9.17) is 4.84 Å². The van der Waals surface area contributed by atoms with Gasteiger partial charge in [-0.15, -0.1) is 0 Å². The number of Topliss-reactive ketones (excluding diaryl/α,β-unsaturated/α-hetero) is 2. The summed E-state index contributed by atoms with van der Waals surface area (Å²) < 4.78 is 0.967. The van der Waals surface area contributed by atoms with Gasteiger partial charge in [-0.1, -0.05) is 42.5 Å². The van der Waals surface area contributed by atoms with Gasteiger partial charge in [0.1, 0.15) is 6.04 Å². The molecule has 0 aliphatic rings. The van der Waals surface area contributed by atoms with Crippen molar-refractivity contribution in [1.29, 1.82) is 0 Å². The summed E-state index contributed by atoms with van der Waals surface area (Å²) in [4.78, 5) is 29.7. The average molecular weight is 409 g/mol. The van der Waals surface area contributed by atoms with E-state index in [9.17, 15) is 9.59 Å². The Morgan fingerprint density at radius 2 is 1.77 bits per heavy atom. The van der Waals surface area contributed by atoms with Crippen LogP contribution in [0.25, 0.3) is 0 Å². The zero-order valence-electron chi connectivity index (χ0n) is 12.1. The summed E-state index contributed by atoms with van der Waals surface area (Å²) in [6.07, 6.45) is 0.0438. The van der Waals surface area contributed by atoms with Crippen LogP contribution in [0.4, 0.5) is 0 Å². The number of hydroxylamine groups is 1. The van der Waals surface area contributed by atoms with Crippen LogP contribution in [0, 0.1) is 3.57 Å². The molecule has 0 heterocycles. The summed E-state index contributed by atoms with van der Waals surface area (Å²) in [5.41, 5.74) is 3.77. The zero-order valence-corrected chi connectivity index (χ0v) is 14.2. The smallest absolute Gasteiger partial charge is 0.182 e. The van der Waals surface area contributed by atoms with Crippen molar-refractivity contribution in [2.75, 3.05) is 7.11 Å². The molecule has 1 atom stereocenters. The summed E-state index contributed by atoms with van der Waals surface area (Å²) in [6, 6.07) is 15.5. The maximum atomic E-state index is 12.6. The van der Waals surface area contributed by atoms with E-state index in [1.54, 1.807) is 36.4 Å². The summed E-state index contributed by atoms with van der Waals surface area (Å²) in [6.45, 7) is 0. The lowest BCUT2D eigenvalue weighted by Crippen LogP contribution is -2.38. The molecule has 0 aliphatic carbocycles. The molecule has 0 aromatic heterocycles. The van der Waals surface area contributed by atoms with E-state index in [0.29, 0.717) is 11.1 Å². The molecule has 0 bridgehead atoms. The number of hydrogen-bond donors (Lipinski definition) is 1. The van der Waals surface area contributed by atoms with E-state index < -0.39 is 6.04 Å². The van der Waals surface area contributed by atoms with Gasteiger partial charge in [0, 0.05) is 21.1 Å². The third-order valence-electron chi connectivity index (χ3n) is 3.17. The summed E-state index contributed by atoms with van der Waals surface area (Å²) in [5, 5.41) is 0. The first-order valence-corrected chi connectivity index (χ1v) is 7.86. The van der Waals surface area contributed by atoms with Crippen molar-refractivity contribution in [3.8, 4) is 0 Å². The Bertz CT molecular complexity index is 658. The first kappa shape index (κ1) is 16.8. The molecule has 0 aliphatic heterocycles. The molecule has 2 aromatic carbocycles. The molecule has 0 fully saturated rings. The molecule has 5 heteroatoms. The van der Waals surface area contributed by atoms with Crippen LogP contribution in [0.1, 0.15) is 27.1 Å². The van der Waals surface area contributed by atoms with Gasteiger partial charge in [0.15, 0.2) is 11.6 Å². The SMILES string of the molecule is CONC(CC(=O)c1ccccc1)C(=O)c1cccc(I)c1. The molecule has 1 unspecified atom stereocenters. The fourth-order valence-electron chi connectivity index (χ4n) is 2.10. The number of rotatable bonds is 7. The Labute approximate surface area is 143 Å². The van der Waals surface area contributed by atoms with Gasteiger partial charge >= 0.3 is 0 Å². The highest BCUT2D eigenvalue weighted by atomic mass is 127. The summed E-state index contributed by atoms with van der Waals surface area (Å²) in [5.74, 6) is -0.265. The largest absolute Gasteiger partial charge is 0.304 e. The summed E-state index contributed by atoms with van der Waals surface area (Å²) in [7, 11) is 1.43. The molecular weight excluding hydrogens is 393 g/mol. The number of hydrogen-bond acceptors (Lipinski definition) is 4. The van der Waals surface area contributed by atoms with Crippen LogP contribution >= 0.6 is 22.6 Å². The number of nitrogens with one attached hydrogen (secondary N) is 1. The fourth-order valence-corrected chi connectivity index (χ4v) is 2.64. The topological polar surface area (TPSA) is 55.4 Å². The van der Waals surface area contributed by atoms with Crippen molar-refractivity contribution in [2.24, 2.45) is 0 Å².